The van der Waals surface area contributed by atoms with Gasteiger partial charge in [0.1, 0.15) is 0 Å². The standard InChI is InChI=1S/C38H42N2O6/c1-39-16-14-26-21-33(43-3)34(23-28(26)29(39)18-24-10-8-6-7-9-11-24)46-38-36-27(22-35(44-4)37(38)45-5)15-17-40(2)30(36)19-25-12-13-31(41)32(42)20-25/h8,10-13,20-23,29-30,41-42H,9,14-19H2,1-5H3. The molecule has 2 aliphatic heterocycles. The molecule has 0 saturated heterocycles. The van der Waals surface area contributed by atoms with Gasteiger partial charge < -0.3 is 29.2 Å². The third-order valence-corrected chi connectivity index (χ3v) is 9.46. The van der Waals surface area contributed by atoms with Gasteiger partial charge in [-0.25, -0.2) is 0 Å². The lowest BCUT2D eigenvalue weighted by molar-refractivity contribution is 0.220. The highest BCUT2D eigenvalue weighted by molar-refractivity contribution is 5.63. The fourth-order valence-electron chi connectivity index (χ4n) is 6.89. The van der Waals surface area contributed by atoms with Gasteiger partial charge in [0, 0.05) is 37.2 Å². The summed E-state index contributed by atoms with van der Waals surface area (Å²) in [7, 11) is 9.22. The molecule has 0 aromatic heterocycles. The average Bonchev–Trinajstić information content (AvgIpc) is 3.33. The van der Waals surface area contributed by atoms with E-state index in [0.29, 0.717) is 35.2 Å². The van der Waals surface area contributed by atoms with E-state index in [1.54, 1.807) is 27.4 Å². The van der Waals surface area contributed by atoms with Gasteiger partial charge in [-0.15, -0.1) is 0 Å². The monoisotopic (exact) mass is 622 g/mol. The van der Waals surface area contributed by atoms with E-state index in [4.69, 9.17) is 18.9 Å². The fraction of sp³-hybridized carbons (Fsp3) is 0.368. The molecule has 0 bridgehead atoms. The van der Waals surface area contributed by atoms with Gasteiger partial charge in [0.05, 0.1) is 21.3 Å². The van der Waals surface area contributed by atoms with Crippen LogP contribution in [0.2, 0.25) is 0 Å². The van der Waals surface area contributed by atoms with Crippen molar-refractivity contribution < 1.29 is 29.2 Å². The van der Waals surface area contributed by atoms with Crippen LogP contribution in [-0.4, -0.2) is 68.5 Å². The first-order valence-electron chi connectivity index (χ1n) is 15.7. The van der Waals surface area contributed by atoms with Crippen molar-refractivity contribution in [1.29, 1.82) is 0 Å². The van der Waals surface area contributed by atoms with E-state index >= 15 is 0 Å². The van der Waals surface area contributed by atoms with Crippen molar-refractivity contribution in [3.05, 3.63) is 88.0 Å². The van der Waals surface area contributed by atoms with Gasteiger partial charge in [0.2, 0.25) is 5.75 Å². The Balaban J connectivity index is 1.45. The summed E-state index contributed by atoms with van der Waals surface area (Å²) in [4.78, 5) is 4.70. The molecular formula is C38H42N2O6. The van der Waals surface area contributed by atoms with Crippen LogP contribution in [0, 0.1) is 11.8 Å². The maximum atomic E-state index is 10.2. The molecule has 3 aliphatic rings. The minimum absolute atomic E-state index is 0.0961. The van der Waals surface area contributed by atoms with Crippen LogP contribution in [0.5, 0.6) is 40.2 Å². The summed E-state index contributed by atoms with van der Waals surface area (Å²) in [6, 6.07) is 11.3. The predicted octanol–water partition coefficient (Wildman–Crippen LogP) is 6.50. The van der Waals surface area contributed by atoms with Crippen LogP contribution in [0.1, 0.15) is 52.7 Å². The molecule has 3 aromatic rings. The Hall–Kier alpha value is -4.58. The zero-order valence-electron chi connectivity index (χ0n) is 27.2. The summed E-state index contributed by atoms with van der Waals surface area (Å²) < 4.78 is 24.7. The molecule has 8 heteroatoms. The number of benzene rings is 3. The molecular weight excluding hydrogens is 580 g/mol. The van der Waals surface area contributed by atoms with Gasteiger partial charge in [-0.1, -0.05) is 30.1 Å². The van der Waals surface area contributed by atoms with Crippen LogP contribution in [0.15, 0.2) is 60.2 Å². The second-order valence-electron chi connectivity index (χ2n) is 12.2. The van der Waals surface area contributed by atoms with E-state index < -0.39 is 0 Å². The number of likely N-dealkylation sites (N-methyl/N-ethyl adjacent to an activating group) is 2. The van der Waals surface area contributed by atoms with Gasteiger partial charge in [-0.2, -0.15) is 0 Å². The minimum Gasteiger partial charge on any atom is -0.504 e. The van der Waals surface area contributed by atoms with Crippen molar-refractivity contribution in [2.45, 2.75) is 44.2 Å². The van der Waals surface area contributed by atoms with E-state index in [1.807, 2.05) is 18.2 Å². The minimum atomic E-state index is -0.139. The van der Waals surface area contributed by atoms with Crippen molar-refractivity contribution in [2.75, 3.05) is 48.5 Å². The van der Waals surface area contributed by atoms with Crippen molar-refractivity contribution in [3.8, 4) is 52.1 Å². The molecule has 6 rings (SSSR count). The normalized spacial score (nSPS) is 19.2. The maximum Gasteiger partial charge on any atom is 0.204 e. The number of hydrogen-bond acceptors (Lipinski definition) is 8. The molecule has 240 valence electrons. The van der Waals surface area contributed by atoms with Gasteiger partial charge in [0.15, 0.2) is 34.5 Å². The Morgan fingerprint density at radius 3 is 2.26 bits per heavy atom. The summed E-state index contributed by atoms with van der Waals surface area (Å²) in [5, 5.41) is 20.2. The highest BCUT2D eigenvalue weighted by atomic mass is 16.5. The first kappa shape index (κ1) is 31.4. The van der Waals surface area contributed by atoms with Gasteiger partial charge in [0.25, 0.3) is 0 Å². The molecule has 3 aromatic carbocycles. The van der Waals surface area contributed by atoms with Crippen LogP contribution in [-0.2, 0) is 19.3 Å². The summed E-state index contributed by atoms with van der Waals surface area (Å²) in [6.45, 7) is 1.79. The van der Waals surface area contributed by atoms with Crippen LogP contribution in [0.3, 0.4) is 0 Å². The van der Waals surface area contributed by atoms with Crippen molar-refractivity contribution in [1.82, 2.24) is 9.80 Å². The SMILES string of the molecule is COc1cc2c(cc1Oc1c(OC)c(OC)cc3c1C(Cc1ccc(O)c(O)c1)N(C)CC3)C(CC1=CCC#CC=C1)N(C)CC2. The smallest absolute Gasteiger partial charge is 0.204 e. The number of ether oxygens (including phenoxy) is 4. The largest absolute Gasteiger partial charge is 0.504 e. The fourth-order valence-corrected chi connectivity index (χ4v) is 6.89. The van der Waals surface area contributed by atoms with Crippen molar-refractivity contribution in [3.63, 3.8) is 0 Å². The van der Waals surface area contributed by atoms with Crippen molar-refractivity contribution >= 4 is 0 Å². The summed E-state index contributed by atoms with van der Waals surface area (Å²) >= 11 is 0. The Bertz CT molecular complexity index is 1750. The summed E-state index contributed by atoms with van der Waals surface area (Å²) in [5.74, 6) is 8.93. The zero-order chi connectivity index (χ0) is 32.4. The Morgan fingerprint density at radius 1 is 0.783 bits per heavy atom. The highest BCUT2D eigenvalue weighted by Gasteiger charge is 2.34. The molecule has 46 heavy (non-hydrogen) atoms. The average molecular weight is 623 g/mol. The van der Waals surface area contributed by atoms with Crippen LogP contribution in [0.4, 0.5) is 0 Å². The molecule has 0 amide bonds. The first-order valence-corrected chi connectivity index (χ1v) is 15.7. The molecule has 1 aliphatic carbocycles. The maximum absolute atomic E-state index is 10.2. The van der Waals surface area contributed by atoms with E-state index in [-0.39, 0.29) is 23.6 Å². The lowest BCUT2D eigenvalue weighted by Crippen LogP contribution is -2.34. The van der Waals surface area contributed by atoms with Gasteiger partial charge in [-0.05, 0) is 104 Å². The van der Waals surface area contributed by atoms with E-state index in [1.165, 1.54) is 22.8 Å². The molecule has 0 radical (unpaired) electrons. The lowest BCUT2D eigenvalue weighted by Gasteiger charge is -2.37. The number of phenolic OH excluding ortho intramolecular Hbond substituents is 2. The molecule has 0 spiro atoms. The third-order valence-electron chi connectivity index (χ3n) is 9.46. The number of aromatic hydroxyl groups is 2. The highest BCUT2D eigenvalue weighted by Crippen LogP contribution is 2.51. The molecule has 0 saturated carbocycles. The Labute approximate surface area is 271 Å². The number of allylic oxidation sites excluding steroid dienone is 3. The number of methoxy groups -OCH3 is 3. The predicted molar refractivity (Wildman–Crippen MR) is 178 cm³/mol. The summed E-state index contributed by atoms with van der Waals surface area (Å²) in [5.41, 5.74) is 6.74. The molecule has 2 heterocycles. The second-order valence-corrected chi connectivity index (χ2v) is 12.2. The van der Waals surface area contributed by atoms with Crippen molar-refractivity contribution in [2.24, 2.45) is 0 Å². The van der Waals surface area contributed by atoms with E-state index in [9.17, 15) is 10.2 Å². The molecule has 2 N–H and O–H groups in total. The lowest BCUT2D eigenvalue weighted by atomic mass is 9.87. The van der Waals surface area contributed by atoms with Crippen LogP contribution in [0.25, 0.3) is 0 Å². The zero-order valence-corrected chi connectivity index (χ0v) is 27.2. The number of nitrogens with zero attached hydrogens (tertiary/aromatic N) is 2. The first-order chi connectivity index (χ1) is 22.3. The van der Waals surface area contributed by atoms with Gasteiger partial charge >= 0.3 is 0 Å². The second kappa shape index (κ2) is 13.4. The number of phenols is 2. The molecule has 0 fully saturated rings. The number of fused-ring (bicyclic) bond motifs is 2. The van der Waals surface area contributed by atoms with E-state index in [0.717, 1.165) is 55.5 Å². The topological polar surface area (TPSA) is 83.9 Å². The Morgan fingerprint density at radius 2 is 1.52 bits per heavy atom. The molecule has 2 atom stereocenters. The number of rotatable bonds is 9. The molecule has 2 unspecified atom stereocenters. The third kappa shape index (κ3) is 6.13. The number of hydrogen-bond donors (Lipinski definition) is 2. The molecule has 8 nitrogen and oxygen atoms in total. The summed E-state index contributed by atoms with van der Waals surface area (Å²) in [6.07, 6.45) is 10.2. The van der Waals surface area contributed by atoms with E-state index in [2.05, 4.69) is 60.0 Å². The van der Waals surface area contributed by atoms with Crippen LogP contribution < -0.4 is 18.9 Å². The Kier molecular flexibility index (Phi) is 9.16. The quantitative estimate of drug-likeness (QED) is 0.207. The van der Waals surface area contributed by atoms with Gasteiger partial charge in [-0.3, -0.25) is 9.80 Å². The van der Waals surface area contributed by atoms with Crippen LogP contribution >= 0.6 is 0 Å².